The van der Waals surface area contributed by atoms with Gasteiger partial charge in [0.1, 0.15) is 5.75 Å². The number of carbonyl (C=O) groups is 2. The molecular formula is C20H21BrClN3O3S. The van der Waals surface area contributed by atoms with Gasteiger partial charge in [-0.05, 0) is 46.3 Å². The summed E-state index contributed by atoms with van der Waals surface area (Å²) in [5.41, 5.74) is 0.496. The molecule has 2 fully saturated rings. The maximum absolute atomic E-state index is 13.0. The predicted molar refractivity (Wildman–Crippen MR) is 118 cm³/mol. The number of thiophene rings is 1. The molecular weight excluding hydrogens is 478 g/mol. The normalized spacial score (nSPS) is 21.2. The van der Waals surface area contributed by atoms with Crippen molar-refractivity contribution in [2.75, 3.05) is 38.2 Å². The Labute approximate surface area is 187 Å². The second-order valence-corrected chi connectivity index (χ2v) is 10.1. The van der Waals surface area contributed by atoms with Crippen LogP contribution in [0.15, 0.2) is 34.1 Å². The summed E-state index contributed by atoms with van der Waals surface area (Å²) in [6, 6.07) is 8.78. The van der Waals surface area contributed by atoms with E-state index in [1.54, 1.807) is 29.5 Å². The van der Waals surface area contributed by atoms with Gasteiger partial charge in [-0.1, -0.05) is 11.6 Å². The molecule has 0 aliphatic carbocycles. The van der Waals surface area contributed by atoms with E-state index in [2.05, 4.69) is 37.9 Å². The van der Waals surface area contributed by atoms with Crippen molar-refractivity contribution in [1.29, 1.82) is 0 Å². The van der Waals surface area contributed by atoms with Crippen LogP contribution in [-0.4, -0.2) is 60.9 Å². The van der Waals surface area contributed by atoms with E-state index in [0.717, 1.165) is 36.5 Å². The van der Waals surface area contributed by atoms with Crippen molar-refractivity contribution in [1.82, 2.24) is 9.80 Å². The molecule has 154 valence electrons. The molecule has 0 radical (unpaired) electrons. The molecule has 4 rings (SSSR count). The fraction of sp³-hybridized carbons (Fsp3) is 0.400. The van der Waals surface area contributed by atoms with E-state index in [4.69, 9.17) is 16.3 Å². The molecule has 0 spiro atoms. The third kappa shape index (κ3) is 4.36. The minimum Gasteiger partial charge on any atom is -0.495 e. The number of hydrogen-bond donors (Lipinski definition) is 0. The van der Waals surface area contributed by atoms with Crippen LogP contribution in [0.1, 0.15) is 11.3 Å². The SMILES string of the molecule is COc1ccc(N2C(=O)C[C@H](N3CCN(Cc4ccc(Br)s4)CC3)C2=O)cc1Cl. The quantitative estimate of drug-likeness (QED) is 0.590. The maximum Gasteiger partial charge on any atom is 0.251 e. The van der Waals surface area contributed by atoms with Crippen molar-refractivity contribution >= 4 is 56.4 Å². The van der Waals surface area contributed by atoms with Gasteiger partial charge < -0.3 is 4.74 Å². The number of nitrogens with zero attached hydrogens (tertiary/aromatic N) is 3. The highest BCUT2D eigenvalue weighted by Crippen LogP contribution is 2.33. The number of piperazine rings is 1. The first-order chi connectivity index (χ1) is 14.0. The summed E-state index contributed by atoms with van der Waals surface area (Å²) in [5, 5.41) is 0.378. The molecule has 2 aromatic rings. The molecule has 9 heteroatoms. The third-order valence-corrected chi connectivity index (χ3v) is 7.28. The summed E-state index contributed by atoms with van der Waals surface area (Å²) in [6.45, 7) is 4.21. The summed E-state index contributed by atoms with van der Waals surface area (Å²) in [4.78, 5) is 32.7. The summed E-state index contributed by atoms with van der Waals surface area (Å²) < 4.78 is 6.29. The first kappa shape index (κ1) is 20.8. The van der Waals surface area contributed by atoms with Crippen LogP contribution in [0.25, 0.3) is 0 Å². The van der Waals surface area contributed by atoms with Crippen molar-refractivity contribution in [2.45, 2.75) is 19.0 Å². The molecule has 0 N–H and O–H groups in total. The highest BCUT2D eigenvalue weighted by atomic mass is 79.9. The fourth-order valence-corrected chi connectivity index (χ4v) is 5.63. The first-order valence-electron chi connectivity index (χ1n) is 9.37. The van der Waals surface area contributed by atoms with Gasteiger partial charge in [0.05, 0.1) is 34.1 Å². The minimum absolute atomic E-state index is 0.174. The van der Waals surface area contributed by atoms with Crippen molar-refractivity contribution < 1.29 is 14.3 Å². The molecule has 2 saturated heterocycles. The smallest absolute Gasteiger partial charge is 0.251 e. The number of carbonyl (C=O) groups excluding carboxylic acids is 2. The topological polar surface area (TPSA) is 53.1 Å². The van der Waals surface area contributed by atoms with E-state index < -0.39 is 6.04 Å². The van der Waals surface area contributed by atoms with Gasteiger partial charge in [0.25, 0.3) is 5.91 Å². The highest BCUT2D eigenvalue weighted by Gasteiger charge is 2.43. The Morgan fingerprint density at radius 1 is 1.17 bits per heavy atom. The minimum atomic E-state index is -0.401. The zero-order chi connectivity index (χ0) is 20.5. The number of ether oxygens (including phenoxy) is 1. The van der Waals surface area contributed by atoms with Crippen LogP contribution >= 0.6 is 38.9 Å². The van der Waals surface area contributed by atoms with Crippen LogP contribution < -0.4 is 9.64 Å². The zero-order valence-corrected chi connectivity index (χ0v) is 19.1. The van der Waals surface area contributed by atoms with Gasteiger partial charge in [0, 0.05) is 37.6 Å². The van der Waals surface area contributed by atoms with Gasteiger partial charge in [0.2, 0.25) is 5.91 Å². The highest BCUT2D eigenvalue weighted by molar-refractivity contribution is 9.11. The second-order valence-electron chi connectivity index (χ2n) is 7.12. The Hall–Kier alpha value is -1.45. The average Bonchev–Trinajstić information content (AvgIpc) is 3.24. The van der Waals surface area contributed by atoms with E-state index in [-0.39, 0.29) is 18.2 Å². The molecule has 3 heterocycles. The Morgan fingerprint density at radius 2 is 1.93 bits per heavy atom. The lowest BCUT2D eigenvalue weighted by molar-refractivity contribution is -0.123. The molecule has 0 unspecified atom stereocenters. The van der Waals surface area contributed by atoms with E-state index >= 15 is 0 Å². The Balaban J connectivity index is 1.39. The van der Waals surface area contributed by atoms with Gasteiger partial charge in [-0.15, -0.1) is 11.3 Å². The van der Waals surface area contributed by atoms with E-state index in [1.807, 2.05) is 0 Å². The van der Waals surface area contributed by atoms with Crippen LogP contribution in [-0.2, 0) is 16.1 Å². The van der Waals surface area contributed by atoms with Gasteiger partial charge >= 0.3 is 0 Å². The molecule has 0 saturated carbocycles. The number of benzene rings is 1. The monoisotopic (exact) mass is 497 g/mol. The third-order valence-electron chi connectivity index (χ3n) is 5.37. The lowest BCUT2D eigenvalue weighted by Crippen LogP contribution is -2.52. The average molecular weight is 499 g/mol. The Kier molecular flexibility index (Phi) is 6.27. The van der Waals surface area contributed by atoms with Crippen LogP contribution in [0.2, 0.25) is 5.02 Å². The molecule has 6 nitrogen and oxygen atoms in total. The van der Waals surface area contributed by atoms with Gasteiger partial charge in [-0.3, -0.25) is 19.4 Å². The summed E-state index contributed by atoms with van der Waals surface area (Å²) in [5.74, 6) is 0.152. The van der Waals surface area contributed by atoms with Crippen molar-refractivity contribution in [3.63, 3.8) is 0 Å². The number of amides is 2. The molecule has 2 amide bonds. The predicted octanol–water partition coefficient (Wildman–Crippen LogP) is 3.62. The number of halogens is 2. The van der Waals surface area contributed by atoms with E-state index in [9.17, 15) is 9.59 Å². The number of imide groups is 1. The summed E-state index contributed by atoms with van der Waals surface area (Å²) in [6.07, 6.45) is 0.209. The van der Waals surface area contributed by atoms with Gasteiger partial charge in [-0.25, -0.2) is 4.90 Å². The van der Waals surface area contributed by atoms with Crippen LogP contribution in [0.3, 0.4) is 0 Å². The lowest BCUT2D eigenvalue weighted by Gasteiger charge is -2.36. The largest absolute Gasteiger partial charge is 0.495 e. The molecule has 1 atom stereocenters. The Morgan fingerprint density at radius 3 is 2.55 bits per heavy atom. The van der Waals surface area contributed by atoms with E-state index in [1.165, 1.54) is 16.9 Å². The Bertz CT molecular complexity index is 929. The van der Waals surface area contributed by atoms with Crippen LogP contribution in [0.4, 0.5) is 5.69 Å². The molecule has 0 bridgehead atoms. The van der Waals surface area contributed by atoms with E-state index in [0.29, 0.717) is 16.5 Å². The zero-order valence-electron chi connectivity index (χ0n) is 15.9. The molecule has 2 aliphatic heterocycles. The number of anilines is 1. The van der Waals surface area contributed by atoms with Gasteiger partial charge in [-0.2, -0.15) is 0 Å². The fourth-order valence-electron chi connectivity index (χ4n) is 3.86. The van der Waals surface area contributed by atoms with Crippen LogP contribution in [0, 0.1) is 0 Å². The molecule has 29 heavy (non-hydrogen) atoms. The number of rotatable bonds is 5. The molecule has 2 aliphatic rings. The van der Waals surface area contributed by atoms with Crippen LogP contribution in [0.5, 0.6) is 5.75 Å². The lowest BCUT2D eigenvalue weighted by atomic mass is 10.1. The summed E-state index contributed by atoms with van der Waals surface area (Å²) in [7, 11) is 1.53. The summed E-state index contributed by atoms with van der Waals surface area (Å²) >= 11 is 11.4. The standard InChI is InChI=1S/C20H21BrClN3O3S/c1-28-17-4-2-13(10-15(17)22)25-19(26)11-16(20(25)27)24-8-6-23(7-9-24)12-14-3-5-18(21)29-14/h2-5,10,16H,6-9,11-12H2,1H3/t16-/m0/s1. The van der Waals surface area contributed by atoms with Gasteiger partial charge in [0.15, 0.2) is 0 Å². The number of hydrogen-bond acceptors (Lipinski definition) is 6. The second kappa shape index (κ2) is 8.73. The molecule has 1 aromatic heterocycles. The maximum atomic E-state index is 13.0. The number of methoxy groups -OCH3 is 1. The van der Waals surface area contributed by atoms with Crippen molar-refractivity contribution in [3.05, 3.63) is 44.0 Å². The molecule has 1 aromatic carbocycles. The first-order valence-corrected chi connectivity index (χ1v) is 11.4. The van der Waals surface area contributed by atoms with Crippen molar-refractivity contribution in [3.8, 4) is 5.75 Å². The van der Waals surface area contributed by atoms with Crippen molar-refractivity contribution in [2.24, 2.45) is 0 Å².